The molecule has 1 atom stereocenters. The zero-order valence-corrected chi connectivity index (χ0v) is 14.4. The molecule has 0 N–H and O–H groups in total. The molecule has 0 bridgehead atoms. The predicted molar refractivity (Wildman–Crippen MR) is 90.5 cm³/mol. The van der Waals surface area contributed by atoms with Crippen LogP contribution in [0.5, 0.6) is 0 Å². The van der Waals surface area contributed by atoms with E-state index in [1.54, 1.807) is 36.2 Å². The zero-order valence-electron chi connectivity index (χ0n) is 13.6. The molecule has 1 fully saturated rings. The summed E-state index contributed by atoms with van der Waals surface area (Å²) in [5.74, 6) is -0.231. The van der Waals surface area contributed by atoms with E-state index in [0.717, 1.165) is 12.8 Å². The van der Waals surface area contributed by atoms with E-state index in [9.17, 15) is 13.2 Å². The molecule has 0 unspecified atom stereocenters. The number of benzene rings is 1. The van der Waals surface area contributed by atoms with Crippen LogP contribution in [0, 0.1) is 0 Å². The van der Waals surface area contributed by atoms with Crippen molar-refractivity contribution < 1.29 is 13.2 Å². The lowest BCUT2D eigenvalue weighted by atomic mass is 10.1. The third-order valence-electron chi connectivity index (χ3n) is 4.43. The summed E-state index contributed by atoms with van der Waals surface area (Å²) in [6.07, 6.45) is 5.40. The average molecular weight is 347 g/mol. The lowest BCUT2D eigenvalue weighted by Crippen LogP contribution is -2.38. The first-order chi connectivity index (χ1) is 11.5. The Bertz CT molecular complexity index is 815. The number of carbonyl (C=O) groups excluding carboxylic acids is 1. The minimum absolute atomic E-state index is 0.0198. The van der Waals surface area contributed by atoms with Gasteiger partial charge in [0.1, 0.15) is 0 Å². The Morgan fingerprint density at radius 3 is 2.79 bits per heavy atom. The summed E-state index contributed by atoms with van der Waals surface area (Å²) < 4.78 is 26.4. The highest BCUT2D eigenvalue weighted by Gasteiger charge is 2.32. The molecule has 7 heteroatoms. The van der Waals surface area contributed by atoms with Crippen LogP contribution in [0.1, 0.15) is 30.1 Å². The van der Waals surface area contributed by atoms with Crippen molar-refractivity contribution >= 4 is 15.7 Å². The maximum Gasteiger partial charge on any atom is 0.255 e. The number of sulfone groups is 1. The van der Waals surface area contributed by atoms with E-state index in [1.807, 2.05) is 16.9 Å². The fourth-order valence-corrected chi connectivity index (χ4v) is 4.23. The molecule has 0 radical (unpaired) electrons. The summed E-state index contributed by atoms with van der Waals surface area (Å²) in [5, 5.41) is 4.20. The lowest BCUT2D eigenvalue weighted by Gasteiger charge is -2.25. The molecular formula is C17H21N3O3S. The molecule has 24 heavy (non-hydrogen) atoms. The molecule has 2 aromatic rings. The molecule has 6 nitrogen and oxygen atoms in total. The van der Waals surface area contributed by atoms with Crippen molar-refractivity contribution in [3.8, 4) is 0 Å². The van der Waals surface area contributed by atoms with E-state index < -0.39 is 9.84 Å². The monoisotopic (exact) mass is 347 g/mol. The Balaban J connectivity index is 1.89. The van der Waals surface area contributed by atoms with Crippen molar-refractivity contribution in [3.05, 3.63) is 48.3 Å². The summed E-state index contributed by atoms with van der Waals surface area (Å²) in [7, 11) is -3.44. The van der Waals surface area contributed by atoms with E-state index in [4.69, 9.17) is 0 Å². The maximum absolute atomic E-state index is 13.0. The van der Waals surface area contributed by atoms with Gasteiger partial charge >= 0.3 is 0 Å². The van der Waals surface area contributed by atoms with Crippen LogP contribution in [-0.2, 0) is 16.4 Å². The molecule has 1 aromatic heterocycles. The Hall–Kier alpha value is -2.15. The first-order valence-corrected chi connectivity index (χ1v) is 9.78. The number of carbonyl (C=O) groups is 1. The molecular weight excluding hydrogens is 326 g/mol. The van der Waals surface area contributed by atoms with E-state index >= 15 is 0 Å². The van der Waals surface area contributed by atoms with Gasteiger partial charge in [-0.2, -0.15) is 5.10 Å². The van der Waals surface area contributed by atoms with Crippen LogP contribution < -0.4 is 0 Å². The van der Waals surface area contributed by atoms with E-state index in [-0.39, 0.29) is 28.2 Å². The molecule has 1 aliphatic rings. The number of nitrogens with zero attached hydrogens (tertiary/aromatic N) is 3. The zero-order chi connectivity index (χ0) is 17.2. The number of hydrogen-bond acceptors (Lipinski definition) is 4. The third-order valence-corrected chi connectivity index (χ3v) is 6.21. The summed E-state index contributed by atoms with van der Waals surface area (Å²) in [5.41, 5.74) is 0.270. The average Bonchev–Trinajstić information content (AvgIpc) is 3.26. The number of aromatic nitrogens is 2. The van der Waals surface area contributed by atoms with Gasteiger partial charge in [-0.25, -0.2) is 8.42 Å². The van der Waals surface area contributed by atoms with Gasteiger partial charge in [-0.05, 0) is 31.0 Å². The standard InChI is InChI=1S/C17H21N3O3S/c1-2-24(22,23)16-9-4-3-8-15(16)17(21)20-12-5-7-14(20)13-19-11-6-10-18-19/h3-4,6,8-11,14H,2,5,7,12-13H2,1H3/t14-/m1/s1. The second-order valence-corrected chi connectivity index (χ2v) is 8.17. The number of likely N-dealkylation sites (tertiary alicyclic amines) is 1. The second-order valence-electron chi connectivity index (χ2n) is 5.92. The summed E-state index contributed by atoms with van der Waals surface area (Å²) in [6, 6.07) is 8.38. The van der Waals surface area contributed by atoms with Gasteiger partial charge in [0, 0.05) is 18.9 Å². The SMILES string of the molecule is CCS(=O)(=O)c1ccccc1C(=O)N1CCC[C@@H]1Cn1cccn1. The highest BCUT2D eigenvalue weighted by molar-refractivity contribution is 7.91. The number of amides is 1. The van der Waals surface area contributed by atoms with Gasteiger partial charge in [-0.3, -0.25) is 9.48 Å². The van der Waals surface area contributed by atoms with Crippen LogP contribution in [0.2, 0.25) is 0 Å². The van der Waals surface area contributed by atoms with Crippen molar-refractivity contribution in [2.75, 3.05) is 12.3 Å². The first-order valence-electron chi connectivity index (χ1n) is 8.13. The smallest absolute Gasteiger partial charge is 0.255 e. The lowest BCUT2D eigenvalue weighted by molar-refractivity contribution is 0.0717. The fourth-order valence-electron chi connectivity index (χ4n) is 3.14. The highest BCUT2D eigenvalue weighted by Crippen LogP contribution is 2.25. The van der Waals surface area contributed by atoms with E-state index in [1.165, 1.54) is 6.07 Å². The molecule has 1 aliphatic heterocycles. The van der Waals surface area contributed by atoms with Crippen LogP contribution >= 0.6 is 0 Å². The van der Waals surface area contributed by atoms with Gasteiger partial charge in [0.15, 0.2) is 9.84 Å². The van der Waals surface area contributed by atoms with Crippen LogP contribution in [0.15, 0.2) is 47.6 Å². The molecule has 1 saturated heterocycles. The van der Waals surface area contributed by atoms with Gasteiger partial charge in [0.2, 0.25) is 0 Å². The molecule has 0 aliphatic carbocycles. The van der Waals surface area contributed by atoms with Gasteiger partial charge in [0.05, 0.1) is 28.8 Å². The van der Waals surface area contributed by atoms with Gasteiger partial charge in [-0.1, -0.05) is 19.1 Å². The van der Waals surface area contributed by atoms with Crippen LogP contribution in [0.3, 0.4) is 0 Å². The van der Waals surface area contributed by atoms with Gasteiger partial charge in [0.25, 0.3) is 5.91 Å². The Labute approximate surface area is 142 Å². The summed E-state index contributed by atoms with van der Waals surface area (Å²) in [4.78, 5) is 14.9. The number of hydrogen-bond donors (Lipinski definition) is 0. The molecule has 0 spiro atoms. The van der Waals surface area contributed by atoms with Crippen LogP contribution in [0.4, 0.5) is 0 Å². The van der Waals surface area contributed by atoms with Crippen molar-refractivity contribution in [1.82, 2.24) is 14.7 Å². The Kier molecular flexibility index (Phi) is 4.71. The van der Waals surface area contributed by atoms with E-state index in [0.29, 0.717) is 13.1 Å². The van der Waals surface area contributed by atoms with Crippen molar-refractivity contribution in [3.63, 3.8) is 0 Å². The minimum Gasteiger partial charge on any atom is -0.334 e. The normalized spacial score (nSPS) is 18.0. The Morgan fingerprint density at radius 2 is 2.08 bits per heavy atom. The summed E-state index contributed by atoms with van der Waals surface area (Å²) in [6.45, 7) is 2.86. The topological polar surface area (TPSA) is 72.3 Å². The summed E-state index contributed by atoms with van der Waals surface area (Å²) >= 11 is 0. The molecule has 128 valence electrons. The largest absolute Gasteiger partial charge is 0.334 e. The third kappa shape index (κ3) is 3.21. The first kappa shape index (κ1) is 16.7. The molecule has 1 amide bonds. The van der Waals surface area contributed by atoms with Crippen molar-refractivity contribution in [1.29, 1.82) is 0 Å². The molecule has 0 saturated carbocycles. The quantitative estimate of drug-likeness (QED) is 0.829. The Morgan fingerprint density at radius 1 is 1.29 bits per heavy atom. The predicted octanol–water partition coefficient (Wildman–Crippen LogP) is 1.98. The van der Waals surface area contributed by atoms with Crippen molar-refractivity contribution in [2.24, 2.45) is 0 Å². The second kappa shape index (κ2) is 6.76. The van der Waals surface area contributed by atoms with Gasteiger partial charge in [-0.15, -0.1) is 0 Å². The minimum atomic E-state index is -3.44. The molecule has 3 rings (SSSR count). The van der Waals surface area contributed by atoms with Crippen LogP contribution in [-0.4, -0.2) is 47.3 Å². The van der Waals surface area contributed by atoms with Crippen LogP contribution in [0.25, 0.3) is 0 Å². The van der Waals surface area contributed by atoms with Gasteiger partial charge < -0.3 is 4.90 Å². The fraction of sp³-hybridized carbons (Fsp3) is 0.412. The molecule has 1 aromatic carbocycles. The maximum atomic E-state index is 13.0. The van der Waals surface area contributed by atoms with Crippen molar-refractivity contribution in [2.45, 2.75) is 37.2 Å². The van der Waals surface area contributed by atoms with E-state index in [2.05, 4.69) is 5.10 Å². The number of rotatable bonds is 5. The molecule has 2 heterocycles. The highest BCUT2D eigenvalue weighted by atomic mass is 32.2.